The monoisotopic (exact) mass is 390 g/mol. The van der Waals surface area contributed by atoms with Crippen LogP contribution in [0.3, 0.4) is 0 Å². The molecule has 146 valence electrons. The van der Waals surface area contributed by atoms with E-state index in [2.05, 4.69) is 12.1 Å². The Bertz CT molecular complexity index is 724. The number of amides is 2. The van der Waals surface area contributed by atoms with Gasteiger partial charge in [-0.15, -0.1) is 11.8 Å². The average Bonchev–Trinajstić information content (AvgIpc) is 2.91. The van der Waals surface area contributed by atoms with Crippen LogP contribution in [0.4, 0.5) is 0 Å². The molecule has 1 aromatic rings. The van der Waals surface area contributed by atoms with Gasteiger partial charge in [0.15, 0.2) is 0 Å². The first kappa shape index (κ1) is 19.7. The number of carboxylic acids is 1. The number of likely N-dealkylation sites (tertiary alicyclic amines) is 1. The largest absolute Gasteiger partial charge is 0.480 e. The molecule has 1 N–H and O–H groups in total. The topological polar surface area (TPSA) is 77.9 Å². The van der Waals surface area contributed by atoms with Gasteiger partial charge in [-0.1, -0.05) is 18.2 Å². The fourth-order valence-electron chi connectivity index (χ4n) is 4.07. The standard InChI is InChI=1S/C20H26N2O4S/c1-14(23)22(13-19(24)25)15-5-4-10-21(11-8-15)20(26)17-9-12-27-18-7-3-2-6-16(17)18/h2-3,6-7,15,17H,4-5,8-13H2,1H3,(H,24,25). The second-order valence-electron chi connectivity index (χ2n) is 7.18. The predicted molar refractivity (Wildman–Crippen MR) is 104 cm³/mol. The van der Waals surface area contributed by atoms with Gasteiger partial charge in [0.1, 0.15) is 6.54 Å². The summed E-state index contributed by atoms with van der Waals surface area (Å²) in [6.07, 6.45) is 2.98. The molecular weight excluding hydrogens is 364 g/mol. The second kappa shape index (κ2) is 8.78. The predicted octanol–water partition coefficient (Wildman–Crippen LogP) is 2.58. The lowest BCUT2D eigenvalue weighted by atomic mass is 9.94. The highest BCUT2D eigenvalue weighted by Crippen LogP contribution is 2.38. The van der Waals surface area contributed by atoms with E-state index in [-0.39, 0.29) is 30.3 Å². The number of benzene rings is 1. The number of hydrogen-bond acceptors (Lipinski definition) is 4. The van der Waals surface area contributed by atoms with Crippen LogP contribution in [-0.4, -0.2) is 64.1 Å². The molecule has 7 heteroatoms. The van der Waals surface area contributed by atoms with Crippen molar-refractivity contribution in [3.63, 3.8) is 0 Å². The van der Waals surface area contributed by atoms with E-state index in [4.69, 9.17) is 5.11 Å². The molecule has 0 bridgehead atoms. The summed E-state index contributed by atoms with van der Waals surface area (Å²) in [5, 5.41) is 9.08. The summed E-state index contributed by atoms with van der Waals surface area (Å²) in [6, 6.07) is 8.00. The number of nitrogens with zero attached hydrogens (tertiary/aromatic N) is 2. The number of carboxylic acid groups (broad SMARTS) is 1. The molecule has 0 aromatic heterocycles. The molecule has 2 unspecified atom stereocenters. The molecule has 1 saturated heterocycles. The number of fused-ring (bicyclic) bond motifs is 1. The molecule has 3 rings (SSSR count). The molecule has 1 fully saturated rings. The van der Waals surface area contributed by atoms with E-state index in [1.54, 1.807) is 11.8 Å². The summed E-state index contributed by atoms with van der Waals surface area (Å²) in [5.41, 5.74) is 1.12. The van der Waals surface area contributed by atoms with E-state index < -0.39 is 5.97 Å². The van der Waals surface area contributed by atoms with Gasteiger partial charge in [-0.25, -0.2) is 0 Å². The zero-order valence-corrected chi connectivity index (χ0v) is 16.4. The van der Waals surface area contributed by atoms with Gasteiger partial charge in [0.2, 0.25) is 11.8 Å². The van der Waals surface area contributed by atoms with Crippen molar-refractivity contribution in [3.05, 3.63) is 29.8 Å². The number of carbonyl (C=O) groups excluding carboxylic acids is 2. The van der Waals surface area contributed by atoms with Crippen molar-refractivity contribution < 1.29 is 19.5 Å². The van der Waals surface area contributed by atoms with Crippen molar-refractivity contribution in [1.82, 2.24) is 9.80 Å². The van der Waals surface area contributed by atoms with Crippen LogP contribution in [0.2, 0.25) is 0 Å². The molecule has 0 saturated carbocycles. The summed E-state index contributed by atoms with van der Waals surface area (Å²) < 4.78 is 0. The minimum atomic E-state index is -1.00. The molecule has 2 aliphatic heterocycles. The second-order valence-corrected chi connectivity index (χ2v) is 8.31. The number of rotatable bonds is 4. The van der Waals surface area contributed by atoms with Gasteiger partial charge >= 0.3 is 5.97 Å². The third-order valence-corrected chi connectivity index (χ3v) is 6.54. The van der Waals surface area contributed by atoms with Crippen LogP contribution < -0.4 is 0 Å². The summed E-state index contributed by atoms with van der Waals surface area (Å²) in [7, 11) is 0. The third-order valence-electron chi connectivity index (χ3n) is 5.42. The van der Waals surface area contributed by atoms with Gasteiger partial charge in [-0.3, -0.25) is 14.4 Å². The summed E-state index contributed by atoms with van der Waals surface area (Å²) >= 11 is 1.80. The summed E-state index contributed by atoms with van der Waals surface area (Å²) in [5.74, 6) is -0.210. The van der Waals surface area contributed by atoms with Gasteiger partial charge in [0.05, 0.1) is 5.92 Å². The van der Waals surface area contributed by atoms with Crippen LogP contribution in [0.25, 0.3) is 0 Å². The van der Waals surface area contributed by atoms with Crippen LogP contribution in [-0.2, 0) is 14.4 Å². The van der Waals surface area contributed by atoms with E-state index in [9.17, 15) is 14.4 Å². The number of hydrogen-bond donors (Lipinski definition) is 1. The van der Waals surface area contributed by atoms with Gasteiger partial charge < -0.3 is 14.9 Å². The minimum absolute atomic E-state index is 0.0954. The SMILES string of the molecule is CC(=O)N(CC(=O)O)C1CCCN(C(=O)C2CCSc3ccccc32)CC1. The van der Waals surface area contributed by atoms with Crippen LogP contribution in [0.15, 0.2) is 29.2 Å². The van der Waals surface area contributed by atoms with Crippen LogP contribution in [0.5, 0.6) is 0 Å². The Balaban J connectivity index is 1.68. The number of aliphatic carboxylic acids is 1. The molecule has 27 heavy (non-hydrogen) atoms. The minimum Gasteiger partial charge on any atom is -0.480 e. The van der Waals surface area contributed by atoms with Gasteiger partial charge in [-0.2, -0.15) is 0 Å². The first-order chi connectivity index (χ1) is 13.0. The molecule has 2 heterocycles. The van der Waals surface area contributed by atoms with E-state index in [1.165, 1.54) is 16.7 Å². The Labute approximate surface area is 163 Å². The van der Waals surface area contributed by atoms with Crippen LogP contribution in [0.1, 0.15) is 44.1 Å². The molecule has 2 atom stereocenters. The normalized spacial score (nSPS) is 22.5. The Kier molecular flexibility index (Phi) is 6.42. The molecule has 0 spiro atoms. The maximum atomic E-state index is 13.2. The van der Waals surface area contributed by atoms with Crippen molar-refractivity contribution in [2.24, 2.45) is 0 Å². The van der Waals surface area contributed by atoms with E-state index >= 15 is 0 Å². The van der Waals surface area contributed by atoms with Crippen molar-refractivity contribution in [2.45, 2.75) is 49.5 Å². The highest BCUT2D eigenvalue weighted by Gasteiger charge is 2.33. The summed E-state index contributed by atoms with van der Waals surface area (Å²) in [4.78, 5) is 40.7. The van der Waals surface area contributed by atoms with E-state index in [1.807, 2.05) is 17.0 Å². The lowest BCUT2D eigenvalue weighted by molar-refractivity contribution is -0.145. The highest BCUT2D eigenvalue weighted by molar-refractivity contribution is 7.99. The van der Waals surface area contributed by atoms with Crippen molar-refractivity contribution in [1.29, 1.82) is 0 Å². The Morgan fingerprint density at radius 2 is 1.96 bits per heavy atom. The molecular formula is C20H26N2O4S. The van der Waals surface area contributed by atoms with Crippen molar-refractivity contribution in [2.75, 3.05) is 25.4 Å². The lowest BCUT2D eigenvalue weighted by Gasteiger charge is -2.31. The fourth-order valence-corrected chi connectivity index (χ4v) is 5.20. The Morgan fingerprint density at radius 1 is 1.19 bits per heavy atom. The van der Waals surface area contributed by atoms with E-state index in [0.29, 0.717) is 19.5 Å². The van der Waals surface area contributed by atoms with Crippen LogP contribution >= 0.6 is 11.8 Å². The highest BCUT2D eigenvalue weighted by atomic mass is 32.2. The first-order valence-electron chi connectivity index (χ1n) is 9.47. The molecule has 2 aliphatic rings. The maximum absolute atomic E-state index is 13.2. The zero-order chi connectivity index (χ0) is 19.4. The smallest absolute Gasteiger partial charge is 0.323 e. The Morgan fingerprint density at radius 3 is 2.70 bits per heavy atom. The quantitative estimate of drug-likeness (QED) is 0.855. The molecule has 0 aliphatic carbocycles. The molecule has 6 nitrogen and oxygen atoms in total. The van der Waals surface area contributed by atoms with Crippen LogP contribution in [0, 0.1) is 0 Å². The first-order valence-corrected chi connectivity index (χ1v) is 10.5. The van der Waals surface area contributed by atoms with E-state index in [0.717, 1.165) is 30.6 Å². The third kappa shape index (κ3) is 4.64. The van der Waals surface area contributed by atoms with Crippen molar-refractivity contribution in [3.8, 4) is 0 Å². The van der Waals surface area contributed by atoms with Gasteiger partial charge in [-0.05, 0) is 43.1 Å². The Hall–Kier alpha value is -2.02. The zero-order valence-electron chi connectivity index (χ0n) is 15.6. The van der Waals surface area contributed by atoms with Crippen molar-refractivity contribution >= 4 is 29.5 Å². The lowest BCUT2D eigenvalue weighted by Crippen LogP contribution is -2.43. The number of carbonyl (C=O) groups is 3. The van der Waals surface area contributed by atoms with Gasteiger partial charge in [0.25, 0.3) is 0 Å². The average molecular weight is 391 g/mol. The molecule has 2 amide bonds. The molecule has 1 aromatic carbocycles. The molecule has 0 radical (unpaired) electrons. The maximum Gasteiger partial charge on any atom is 0.323 e. The fraction of sp³-hybridized carbons (Fsp3) is 0.550. The van der Waals surface area contributed by atoms with Gasteiger partial charge in [0, 0.05) is 31.0 Å². The number of thioether (sulfide) groups is 1. The summed E-state index contributed by atoms with van der Waals surface area (Å²) in [6.45, 7) is 2.37.